The Bertz CT molecular complexity index is 875. The number of hydrogen-bond donors (Lipinski definition) is 0. The standard InChI is InChI=1S/C18H19N3O5/c1-19-10-3-5-16(17(19)22)13-4-2-11-20(12-13)18(23)26-15-8-6-14(7-9-15)21(24)25/h3,5-10,13H,2,4,11-12H2,1H3. The van der Waals surface area contributed by atoms with Crippen molar-refractivity contribution < 1.29 is 14.5 Å². The van der Waals surface area contributed by atoms with Crippen molar-refractivity contribution in [3.05, 3.63) is 68.6 Å². The third-order valence-electron chi connectivity index (χ3n) is 4.52. The van der Waals surface area contributed by atoms with E-state index in [0.717, 1.165) is 12.8 Å². The minimum atomic E-state index is -0.517. The Kier molecular flexibility index (Phi) is 5.01. The summed E-state index contributed by atoms with van der Waals surface area (Å²) >= 11 is 0. The van der Waals surface area contributed by atoms with Gasteiger partial charge in [-0.3, -0.25) is 14.9 Å². The van der Waals surface area contributed by atoms with E-state index in [-0.39, 0.29) is 22.9 Å². The fourth-order valence-electron chi connectivity index (χ4n) is 3.13. The Labute approximate surface area is 149 Å². The number of amides is 1. The highest BCUT2D eigenvalue weighted by Crippen LogP contribution is 2.26. The molecule has 0 bridgehead atoms. The zero-order chi connectivity index (χ0) is 18.7. The summed E-state index contributed by atoms with van der Waals surface area (Å²) in [5, 5.41) is 10.7. The Hall–Kier alpha value is -3.16. The molecule has 2 heterocycles. The number of nitrogens with zero attached hydrogens (tertiary/aromatic N) is 3. The van der Waals surface area contributed by atoms with Gasteiger partial charge in [0.25, 0.3) is 11.2 Å². The zero-order valence-electron chi connectivity index (χ0n) is 14.3. The van der Waals surface area contributed by atoms with E-state index in [2.05, 4.69) is 0 Å². The number of piperidine rings is 1. The van der Waals surface area contributed by atoms with E-state index in [4.69, 9.17) is 4.74 Å². The van der Waals surface area contributed by atoms with Crippen LogP contribution in [0.1, 0.15) is 24.3 Å². The molecule has 26 heavy (non-hydrogen) atoms. The number of rotatable bonds is 3. The maximum atomic E-state index is 12.4. The first-order valence-corrected chi connectivity index (χ1v) is 8.32. The second-order valence-electron chi connectivity index (χ2n) is 6.28. The molecule has 8 nitrogen and oxygen atoms in total. The van der Waals surface area contributed by atoms with Gasteiger partial charge in [-0.05, 0) is 31.0 Å². The molecule has 0 radical (unpaired) electrons. The molecule has 1 saturated heterocycles. The van der Waals surface area contributed by atoms with E-state index in [1.54, 1.807) is 24.2 Å². The Morgan fingerprint density at radius 1 is 1.27 bits per heavy atom. The molecule has 136 valence electrons. The molecule has 3 rings (SSSR count). The lowest BCUT2D eigenvalue weighted by molar-refractivity contribution is -0.384. The summed E-state index contributed by atoms with van der Waals surface area (Å²) in [7, 11) is 1.70. The van der Waals surface area contributed by atoms with Crippen LogP contribution in [0.15, 0.2) is 47.4 Å². The number of hydrogen-bond acceptors (Lipinski definition) is 5. The predicted octanol–water partition coefficient (Wildman–Crippen LogP) is 2.67. The van der Waals surface area contributed by atoms with Gasteiger partial charge in [0.15, 0.2) is 0 Å². The monoisotopic (exact) mass is 357 g/mol. The second kappa shape index (κ2) is 7.38. The van der Waals surface area contributed by atoms with E-state index >= 15 is 0 Å². The SMILES string of the molecule is Cn1cccc(C2CCCN(C(=O)Oc3ccc([N+](=O)[O-])cc3)C2)c1=O. The molecule has 1 aromatic heterocycles. The number of carbonyl (C=O) groups is 1. The summed E-state index contributed by atoms with van der Waals surface area (Å²) in [6.45, 7) is 0.959. The van der Waals surface area contributed by atoms with Crippen molar-refractivity contribution in [3.8, 4) is 5.75 Å². The van der Waals surface area contributed by atoms with Gasteiger partial charge in [0.1, 0.15) is 5.75 Å². The third-order valence-corrected chi connectivity index (χ3v) is 4.52. The summed E-state index contributed by atoms with van der Waals surface area (Å²) in [5.74, 6) is 0.214. The molecule has 1 atom stereocenters. The highest BCUT2D eigenvalue weighted by atomic mass is 16.6. The number of aromatic nitrogens is 1. The van der Waals surface area contributed by atoms with Crippen LogP contribution in [0, 0.1) is 10.1 Å². The first-order valence-electron chi connectivity index (χ1n) is 8.32. The highest BCUT2D eigenvalue weighted by Gasteiger charge is 2.27. The van der Waals surface area contributed by atoms with Crippen LogP contribution in [-0.2, 0) is 7.05 Å². The molecule has 0 N–H and O–H groups in total. The fraction of sp³-hybridized carbons (Fsp3) is 0.333. The number of nitro groups is 1. The number of ether oxygens (including phenoxy) is 1. The average molecular weight is 357 g/mol. The minimum absolute atomic E-state index is 0.0342. The second-order valence-corrected chi connectivity index (χ2v) is 6.28. The number of non-ortho nitro benzene ring substituents is 1. The van der Waals surface area contributed by atoms with Crippen molar-refractivity contribution in [1.29, 1.82) is 0 Å². The molecule has 1 aliphatic heterocycles. The Morgan fingerprint density at radius 3 is 2.69 bits per heavy atom. The highest BCUT2D eigenvalue weighted by molar-refractivity contribution is 5.71. The van der Waals surface area contributed by atoms with Crippen LogP contribution in [0.4, 0.5) is 10.5 Å². The first-order chi connectivity index (χ1) is 12.5. The van der Waals surface area contributed by atoms with Crippen LogP contribution >= 0.6 is 0 Å². The van der Waals surface area contributed by atoms with Gasteiger partial charge in [0, 0.05) is 49.9 Å². The quantitative estimate of drug-likeness (QED) is 0.622. The smallest absolute Gasteiger partial charge is 0.410 e. The van der Waals surface area contributed by atoms with E-state index in [1.165, 1.54) is 28.8 Å². The molecular weight excluding hydrogens is 338 g/mol. The molecule has 1 aliphatic rings. The van der Waals surface area contributed by atoms with Crippen LogP contribution in [0.2, 0.25) is 0 Å². The van der Waals surface area contributed by atoms with Gasteiger partial charge in [-0.25, -0.2) is 4.79 Å². The molecule has 1 unspecified atom stereocenters. The number of likely N-dealkylation sites (tertiary alicyclic amines) is 1. The maximum absolute atomic E-state index is 12.4. The fourth-order valence-corrected chi connectivity index (χ4v) is 3.13. The summed E-state index contributed by atoms with van der Waals surface area (Å²) in [6, 6.07) is 8.99. The molecule has 2 aromatic rings. The topological polar surface area (TPSA) is 94.7 Å². The molecule has 1 fully saturated rings. The van der Waals surface area contributed by atoms with Crippen molar-refractivity contribution in [1.82, 2.24) is 9.47 Å². The van der Waals surface area contributed by atoms with Crippen molar-refractivity contribution >= 4 is 11.8 Å². The lowest BCUT2D eigenvalue weighted by Crippen LogP contribution is -2.42. The van der Waals surface area contributed by atoms with E-state index in [1.807, 2.05) is 6.07 Å². The van der Waals surface area contributed by atoms with Crippen molar-refractivity contribution in [2.45, 2.75) is 18.8 Å². The average Bonchev–Trinajstić information content (AvgIpc) is 2.64. The van der Waals surface area contributed by atoms with Crippen molar-refractivity contribution in [3.63, 3.8) is 0 Å². The molecule has 0 spiro atoms. The van der Waals surface area contributed by atoms with Gasteiger partial charge in [0.05, 0.1) is 4.92 Å². The zero-order valence-corrected chi connectivity index (χ0v) is 14.3. The number of benzene rings is 1. The van der Waals surface area contributed by atoms with Crippen molar-refractivity contribution in [2.24, 2.45) is 7.05 Å². The van der Waals surface area contributed by atoms with E-state index in [9.17, 15) is 19.7 Å². The summed E-state index contributed by atoms with van der Waals surface area (Å²) in [5.41, 5.74) is 0.577. The number of nitro benzene ring substituents is 1. The van der Waals surface area contributed by atoms with Crippen LogP contribution in [0.5, 0.6) is 5.75 Å². The summed E-state index contributed by atoms with van der Waals surface area (Å²) in [6.07, 6.45) is 2.80. The number of carbonyl (C=O) groups excluding carboxylic acids is 1. The lowest BCUT2D eigenvalue weighted by Gasteiger charge is -2.31. The van der Waals surface area contributed by atoms with Crippen molar-refractivity contribution in [2.75, 3.05) is 13.1 Å². The van der Waals surface area contributed by atoms with Crippen LogP contribution in [0.3, 0.4) is 0 Å². The summed E-state index contributed by atoms with van der Waals surface area (Å²) < 4.78 is 6.84. The summed E-state index contributed by atoms with van der Waals surface area (Å²) in [4.78, 5) is 36.4. The predicted molar refractivity (Wildman–Crippen MR) is 94.4 cm³/mol. The largest absolute Gasteiger partial charge is 0.415 e. The van der Waals surface area contributed by atoms with Gasteiger partial charge in [-0.15, -0.1) is 0 Å². The number of aryl methyl sites for hydroxylation is 1. The van der Waals surface area contributed by atoms with Gasteiger partial charge in [0.2, 0.25) is 0 Å². The van der Waals surface area contributed by atoms with Crippen LogP contribution in [0.25, 0.3) is 0 Å². The van der Waals surface area contributed by atoms with Crippen LogP contribution in [-0.4, -0.2) is 33.6 Å². The van der Waals surface area contributed by atoms with E-state index in [0.29, 0.717) is 18.7 Å². The molecule has 8 heteroatoms. The van der Waals surface area contributed by atoms with Gasteiger partial charge in [-0.1, -0.05) is 6.07 Å². The first kappa shape index (κ1) is 17.7. The van der Waals surface area contributed by atoms with Gasteiger partial charge in [-0.2, -0.15) is 0 Å². The lowest BCUT2D eigenvalue weighted by atomic mass is 9.91. The van der Waals surface area contributed by atoms with Gasteiger partial charge >= 0.3 is 6.09 Å². The minimum Gasteiger partial charge on any atom is -0.410 e. The van der Waals surface area contributed by atoms with Gasteiger partial charge < -0.3 is 14.2 Å². The van der Waals surface area contributed by atoms with E-state index < -0.39 is 11.0 Å². The molecular formula is C18H19N3O5. The molecule has 0 aliphatic carbocycles. The van der Waals surface area contributed by atoms with Crippen LogP contribution < -0.4 is 10.3 Å². The maximum Gasteiger partial charge on any atom is 0.415 e. The number of pyridine rings is 1. The normalized spacial score (nSPS) is 17.0. The molecule has 1 amide bonds. The Balaban J connectivity index is 1.69. The third kappa shape index (κ3) is 3.74. The molecule has 1 aromatic carbocycles. The Morgan fingerprint density at radius 2 is 2.00 bits per heavy atom. The molecule has 0 saturated carbocycles.